The Bertz CT molecular complexity index is 536. The maximum atomic E-state index is 6.16. The van der Waals surface area contributed by atoms with Crippen LogP contribution in [0, 0.1) is 12.3 Å². The number of unbranched alkanes of at least 4 members (excludes halogenated alkanes) is 1. The summed E-state index contributed by atoms with van der Waals surface area (Å²) in [5, 5.41) is 2.50. The van der Waals surface area contributed by atoms with Gasteiger partial charge in [-0.05, 0) is 35.2 Å². The molecule has 86 valence electrons. The number of hydrogen-bond acceptors (Lipinski definition) is 1. The molecule has 1 atom stereocenters. The molecule has 0 aromatic heterocycles. The van der Waals surface area contributed by atoms with Gasteiger partial charge in [0.1, 0.15) is 0 Å². The molecule has 0 spiro atoms. The topological polar surface area (TPSA) is 26.0 Å². The van der Waals surface area contributed by atoms with E-state index in [1.54, 1.807) is 0 Å². The number of fused-ring (bicyclic) bond motifs is 1. The predicted molar refractivity (Wildman–Crippen MR) is 73.6 cm³/mol. The number of hydrogen-bond donors (Lipinski definition) is 1. The fourth-order valence-electron chi connectivity index (χ4n) is 2.03. The van der Waals surface area contributed by atoms with E-state index < -0.39 is 0 Å². The zero-order chi connectivity index (χ0) is 12.1. The Morgan fingerprint density at radius 1 is 1.12 bits per heavy atom. The smallest absolute Gasteiger partial charge is 0.0295 e. The lowest BCUT2D eigenvalue weighted by Gasteiger charge is -2.12. The Morgan fingerprint density at radius 3 is 2.65 bits per heavy atom. The molecule has 0 saturated heterocycles. The summed E-state index contributed by atoms with van der Waals surface area (Å²) in [5.41, 5.74) is 7.35. The normalized spacial score (nSPS) is 12.2. The van der Waals surface area contributed by atoms with Crippen LogP contribution in [0.1, 0.15) is 30.9 Å². The van der Waals surface area contributed by atoms with Crippen molar-refractivity contribution >= 4 is 10.8 Å². The first-order valence-electron chi connectivity index (χ1n) is 5.99. The van der Waals surface area contributed by atoms with E-state index in [0.717, 1.165) is 19.3 Å². The molecule has 1 unspecified atom stereocenters. The van der Waals surface area contributed by atoms with Crippen molar-refractivity contribution < 1.29 is 0 Å². The van der Waals surface area contributed by atoms with E-state index in [4.69, 9.17) is 12.2 Å². The molecule has 17 heavy (non-hydrogen) atoms. The van der Waals surface area contributed by atoms with Crippen molar-refractivity contribution in [3.63, 3.8) is 0 Å². The molecular weight excluding hydrogens is 206 g/mol. The molecule has 0 radical (unpaired) electrons. The molecule has 0 amide bonds. The largest absolute Gasteiger partial charge is 0.324 e. The van der Waals surface area contributed by atoms with Gasteiger partial charge < -0.3 is 5.73 Å². The standard InChI is InChI=1S/C16H17N/c1-2-3-4-9-16(17)15-11-10-13-7-5-6-8-14(13)12-15/h1,5-8,10-12,16H,3-4,9,17H2. The highest BCUT2D eigenvalue weighted by molar-refractivity contribution is 5.83. The van der Waals surface area contributed by atoms with Gasteiger partial charge in [-0.15, -0.1) is 12.3 Å². The number of terminal acetylenes is 1. The third-order valence-corrected chi connectivity index (χ3v) is 3.04. The Balaban J connectivity index is 2.16. The van der Waals surface area contributed by atoms with Crippen LogP contribution in [0.25, 0.3) is 10.8 Å². The summed E-state index contributed by atoms with van der Waals surface area (Å²) in [6.45, 7) is 0. The molecule has 2 N–H and O–H groups in total. The molecule has 0 fully saturated rings. The summed E-state index contributed by atoms with van der Waals surface area (Å²) in [5.74, 6) is 2.65. The van der Waals surface area contributed by atoms with Gasteiger partial charge in [0.25, 0.3) is 0 Å². The van der Waals surface area contributed by atoms with Crippen LogP contribution < -0.4 is 5.73 Å². The van der Waals surface area contributed by atoms with Gasteiger partial charge in [-0.2, -0.15) is 0 Å². The monoisotopic (exact) mass is 223 g/mol. The summed E-state index contributed by atoms with van der Waals surface area (Å²) < 4.78 is 0. The zero-order valence-corrected chi connectivity index (χ0v) is 9.89. The minimum absolute atomic E-state index is 0.0907. The SMILES string of the molecule is C#CCCCC(N)c1ccc2ccccc2c1. The molecule has 0 heterocycles. The van der Waals surface area contributed by atoms with Crippen LogP contribution in [-0.2, 0) is 0 Å². The van der Waals surface area contributed by atoms with Gasteiger partial charge in [-0.1, -0.05) is 36.4 Å². The average molecular weight is 223 g/mol. The lowest BCUT2D eigenvalue weighted by atomic mass is 9.99. The molecule has 1 nitrogen and oxygen atoms in total. The molecule has 0 aliphatic rings. The van der Waals surface area contributed by atoms with Crippen molar-refractivity contribution in [1.29, 1.82) is 0 Å². The zero-order valence-electron chi connectivity index (χ0n) is 9.89. The Labute approximate surface area is 103 Å². The van der Waals surface area contributed by atoms with Crippen molar-refractivity contribution in [1.82, 2.24) is 0 Å². The number of benzene rings is 2. The third kappa shape index (κ3) is 2.87. The van der Waals surface area contributed by atoms with Crippen LogP contribution in [0.3, 0.4) is 0 Å². The highest BCUT2D eigenvalue weighted by atomic mass is 14.6. The first kappa shape index (κ1) is 11.7. The molecule has 1 heteroatoms. The second-order valence-corrected chi connectivity index (χ2v) is 4.31. The average Bonchev–Trinajstić information content (AvgIpc) is 2.38. The Hall–Kier alpha value is -1.78. The summed E-state index contributed by atoms with van der Waals surface area (Å²) in [4.78, 5) is 0. The summed E-state index contributed by atoms with van der Waals surface area (Å²) >= 11 is 0. The minimum Gasteiger partial charge on any atom is -0.324 e. The second kappa shape index (κ2) is 5.52. The quantitative estimate of drug-likeness (QED) is 0.621. The van der Waals surface area contributed by atoms with Crippen LogP contribution in [0.5, 0.6) is 0 Å². The van der Waals surface area contributed by atoms with Gasteiger partial charge in [0, 0.05) is 12.5 Å². The summed E-state index contributed by atoms with van der Waals surface area (Å²) in [6, 6.07) is 14.8. The molecule has 0 bridgehead atoms. The van der Waals surface area contributed by atoms with E-state index in [9.17, 15) is 0 Å². The van der Waals surface area contributed by atoms with Gasteiger partial charge >= 0.3 is 0 Å². The molecular formula is C16H17N. The van der Waals surface area contributed by atoms with E-state index in [1.807, 2.05) is 0 Å². The van der Waals surface area contributed by atoms with Crippen LogP contribution in [0.2, 0.25) is 0 Å². The lowest BCUT2D eigenvalue weighted by molar-refractivity contribution is 0.621. The van der Waals surface area contributed by atoms with E-state index in [1.165, 1.54) is 16.3 Å². The van der Waals surface area contributed by atoms with Gasteiger partial charge in [0.05, 0.1) is 0 Å². The minimum atomic E-state index is 0.0907. The third-order valence-electron chi connectivity index (χ3n) is 3.04. The molecule has 0 saturated carbocycles. The van der Waals surface area contributed by atoms with E-state index in [-0.39, 0.29) is 6.04 Å². The van der Waals surface area contributed by atoms with Gasteiger partial charge in [0.15, 0.2) is 0 Å². The van der Waals surface area contributed by atoms with Crippen LogP contribution >= 0.6 is 0 Å². The number of nitrogens with two attached hydrogens (primary N) is 1. The van der Waals surface area contributed by atoms with Crippen LogP contribution in [-0.4, -0.2) is 0 Å². The van der Waals surface area contributed by atoms with Gasteiger partial charge in [-0.3, -0.25) is 0 Å². The highest BCUT2D eigenvalue weighted by Crippen LogP contribution is 2.22. The van der Waals surface area contributed by atoms with E-state index in [2.05, 4.69) is 48.4 Å². The van der Waals surface area contributed by atoms with Crippen LogP contribution in [0.15, 0.2) is 42.5 Å². The van der Waals surface area contributed by atoms with E-state index in [0.29, 0.717) is 0 Å². The summed E-state index contributed by atoms with van der Waals surface area (Å²) in [7, 11) is 0. The van der Waals surface area contributed by atoms with E-state index >= 15 is 0 Å². The van der Waals surface area contributed by atoms with Gasteiger partial charge in [0.2, 0.25) is 0 Å². The maximum absolute atomic E-state index is 6.16. The van der Waals surface area contributed by atoms with Gasteiger partial charge in [-0.25, -0.2) is 0 Å². The summed E-state index contributed by atoms with van der Waals surface area (Å²) in [6.07, 6.45) is 7.98. The first-order chi connectivity index (χ1) is 8.31. The Morgan fingerprint density at radius 2 is 1.88 bits per heavy atom. The molecule has 0 aliphatic heterocycles. The fourth-order valence-corrected chi connectivity index (χ4v) is 2.03. The lowest BCUT2D eigenvalue weighted by Crippen LogP contribution is -2.09. The van der Waals surface area contributed by atoms with Crippen LogP contribution in [0.4, 0.5) is 0 Å². The fraction of sp³-hybridized carbons (Fsp3) is 0.250. The van der Waals surface area contributed by atoms with Crippen molar-refractivity contribution in [2.24, 2.45) is 5.73 Å². The predicted octanol–water partition coefficient (Wildman–Crippen LogP) is 3.64. The molecule has 0 aliphatic carbocycles. The molecule has 2 aromatic carbocycles. The highest BCUT2D eigenvalue weighted by Gasteiger charge is 2.05. The van der Waals surface area contributed by atoms with Crippen molar-refractivity contribution in [3.05, 3.63) is 48.0 Å². The van der Waals surface area contributed by atoms with Crippen molar-refractivity contribution in [3.8, 4) is 12.3 Å². The molecule has 2 rings (SSSR count). The maximum Gasteiger partial charge on any atom is 0.0295 e. The molecule has 2 aromatic rings. The van der Waals surface area contributed by atoms with Crippen molar-refractivity contribution in [2.75, 3.05) is 0 Å². The second-order valence-electron chi connectivity index (χ2n) is 4.31. The Kier molecular flexibility index (Phi) is 3.80. The van der Waals surface area contributed by atoms with Crippen molar-refractivity contribution in [2.45, 2.75) is 25.3 Å². The first-order valence-corrected chi connectivity index (χ1v) is 5.99. The number of rotatable bonds is 4.